The molecule has 0 bridgehead atoms. The fourth-order valence-electron chi connectivity index (χ4n) is 3.87. The summed E-state index contributed by atoms with van der Waals surface area (Å²) in [6, 6.07) is 18.6. The van der Waals surface area contributed by atoms with Crippen LogP contribution in [0.5, 0.6) is 0 Å². The van der Waals surface area contributed by atoms with Crippen LogP contribution in [-0.4, -0.2) is 35.5 Å². The second-order valence-corrected chi connectivity index (χ2v) is 7.95. The zero-order valence-corrected chi connectivity index (χ0v) is 17.4. The van der Waals surface area contributed by atoms with E-state index in [0.29, 0.717) is 19.0 Å². The molecule has 0 saturated carbocycles. The van der Waals surface area contributed by atoms with Crippen LogP contribution < -0.4 is 10.2 Å². The Hall–Kier alpha value is -3.21. The zero-order valence-electron chi connectivity index (χ0n) is 17.4. The summed E-state index contributed by atoms with van der Waals surface area (Å²) in [5, 5.41) is 3.10. The van der Waals surface area contributed by atoms with E-state index < -0.39 is 0 Å². The molecule has 4 rings (SSSR count). The van der Waals surface area contributed by atoms with Gasteiger partial charge in [0.25, 0.3) is 0 Å². The number of carbonyl (C=O) groups excluding carboxylic acids is 1. The number of nitrogens with zero attached hydrogens (tertiary/aromatic N) is 3. The van der Waals surface area contributed by atoms with Crippen molar-refractivity contribution < 1.29 is 4.79 Å². The van der Waals surface area contributed by atoms with E-state index in [0.717, 1.165) is 36.9 Å². The van der Waals surface area contributed by atoms with Crippen molar-refractivity contribution in [1.29, 1.82) is 0 Å². The zero-order chi connectivity index (χ0) is 20.8. The predicted molar refractivity (Wildman–Crippen MR) is 120 cm³/mol. The van der Waals surface area contributed by atoms with Gasteiger partial charge in [0.2, 0.25) is 11.9 Å². The molecule has 2 heterocycles. The van der Waals surface area contributed by atoms with Crippen LogP contribution in [0.4, 0.5) is 5.95 Å². The summed E-state index contributed by atoms with van der Waals surface area (Å²) in [5.41, 5.74) is 4.59. The number of nitrogens with one attached hydrogen (secondary N) is 1. The Balaban J connectivity index is 1.33. The van der Waals surface area contributed by atoms with Gasteiger partial charge in [-0.25, -0.2) is 9.97 Å². The van der Waals surface area contributed by atoms with Crippen LogP contribution in [0.15, 0.2) is 67.0 Å². The molecular weight excluding hydrogens is 372 g/mol. The molecule has 1 amide bonds. The first-order valence-electron chi connectivity index (χ1n) is 10.6. The number of carbonyl (C=O) groups is 1. The maximum Gasteiger partial charge on any atom is 0.225 e. The summed E-state index contributed by atoms with van der Waals surface area (Å²) < 4.78 is 0. The summed E-state index contributed by atoms with van der Waals surface area (Å²) in [5.74, 6) is 0.814. The number of hydrogen-bond acceptors (Lipinski definition) is 4. The molecule has 0 aliphatic carbocycles. The number of benzene rings is 2. The van der Waals surface area contributed by atoms with E-state index >= 15 is 0 Å². The van der Waals surface area contributed by atoms with Gasteiger partial charge in [0.05, 0.1) is 5.92 Å². The van der Waals surface area contributed by atoms with Crippen molar-refractivity contribution in [2.75, 3.05) is 24.5 Å². The number of aryl methyl sites for hydroxylation is 1. The lowest BCUT2D eigenvalue weighted by Gasteiger charge is -2.32. The Labute approximate surface area is 178 Å². The highest BCUT2D eigenvalue weighted by molar-refractivity contribution is 5.79. The Morgan fingerprint density at radius 1 is 1.03 bits per heavy atom. The van der Waals surface area contributed by atoms with Gasteiger partial charge in [0.15, 0.2) is 0 Å². The standard InChI is InChI=1S/C25H28N4O/c1-19-9-11-21(12-10-19)23-16-27-25(28-17-23)29-15-5-8-22(18-29)24(30)26-14-13-20-6-3-2-4-7-20/h2-4,6-7,9-12,16-17,22H,5,8,13-15,18H2,1H3,(H,26,30)/t22-/m0/s1. The molecule has 5 heteroatoms. The van der Waals surface area contributed by atoms with Gasteiger partial charge >= 0.3 is 0 Å². The topological polar surface area (TPSA) is 58.1 Å². The third-order valence-electron chi connectivity index (χ3n) is 5.65. The van der Waals surface area contributed by atoms with Gasteiger partial charge in [0, 0.05) is 37.6 Å². The molecule has 3 aromatic rings. The second kappa shape index (κ2) is 9.53. The van der Waals surface area contributed by atoms with Crippen molar-refractivity contribution in [3.8, 4) is 11.1 Å². The third kappa shape index (κ3) is 5.03. The average Bonchev–Trinajstić information content (AvgIpc) is 2.80. The van der Waals surface area contributed by atoms with Gasteiger partial charge in [-0.05, 0) is 37.3 Å². The van der Waals surface area contributed by atoms with Gasteiger partial charge in [-0.1, -0.05) is 60.2 Å². The van der Waals surface area contributed by atoms with Crippen molar-refractivity contribution in [3.63, 3.8) is 0 Å². The highest BCUT2D eigenvalue weighted by Crippen LogP contribution is 2.23. The van der Waals surface area contributed by atoms with Crippen LogP contribution in [0.2, 0.25) is 0 Å². The van der Waals surface area contributed by atoms with E-state index in [2.05, 4.69) is 63.5 Å². The molecule has 0 radical (unpaired) electrons. The summed E-state index contributed by atoms with van der Waals surface area (Å²) in [7, 11) is 0. The minimum atomic E-state index is -0.0186. The highest BCUT2D eigenvalue weighted by atomic mass is 16.1. The number of amides is 1. The number of anilines is 1. The summed E-state index contributed by atoms with van der Waals surface area (Å²) in [6.45, 7) is 4.30. The van der Waals surface area contributed by atoms with Gasteiger partial charge in [-0.3, -0.25) is 4.79 Å². The molecule has 1 aliphatic heterocycles. The SMILES string of the molecule is Cc1ccc(-c2cnc(N3CCC[C@H](C(=O)NCCc4ccccc4)C3)nc2)cc1. The van der Waals surface area contributed by atoms with Gasteiger partial charge in [0.1, 0.15) is 0 Å². The number of piperidine rings is 1. The smallest absolute Gasteiger partial charge is 0.225 e. The predicted octanol–water partition coefficient (Wildman–Crippen LogP) is 4.03. The van der Waals surface area contributed by atoms with E-state index in [-0.39, 0.29) is 11.8 Å². The lowest BCUT2D eigenvalue weighted by molar-refractivity contribution is -0.125. The average molecular weight is 401 g/mol. The number of hydrogen-bond donors (Lipinski definition) is 1. The Morgan fingerprint density at radius 3 is 2.50 bits per heavy atom. The van der Waals surface area contributed by atoms with Crippen molar-refractivity contribution >= 4 is 11.9 Å². The van der Waals surface area contributed by atoms with E-state index in [9.17, 15) is 4.79 Å². The molecule has 1 saturated heterocycles. The van der Waals surface area contributed by atoms with E-state index in [1.807, 2.05) is 30.6 Å². The van der Waals surface area contributed by atoms with Crippen molar-refractivity contribution in [3.05, 3.63) is 78.1 Å². The van der Waals surface area contributed by atoms with Crippen LogP contribution >= 0.6 is 0 Å². The van der Waals surface area contributed by atoms with E-state index in [1.54, 1.807) is 0 Å². The van der Waals surface area contributed by atoms with Gasteiger partial charge in [-0.2, -0.15) is 0 Å². The normalized spacial score (nSPS) is 16.3. The highest BCUT2D eigenvalue weighted by Gasteiger charge is 2.26. The van der Waals surface area contributed by atoms with Crippen LogP contribution in [0.25, 0.3) is 11.1 Å². The Morgan fingerprint density at radius 2 is 1.77 bits per heavy atom. The minimum absolute atomic E-state index is 0.0186. The number of aromatic nitrogens is 2. The first-order chi connectivity index (χ1) is 14.7. The quantitative estimate of drug-likeness (QED) is 0.679. The molecule has 154 valence electrons. The first kappa shape index (κ1) is 20.1. The molecule has 1 aliphatic rings. The third-order valence-corrected chi connectivity index (χ3v) is 5.65. The van der Waals surface area contributed by atoms with Crippen molar-refractivity contribution in [2.45, 2.75) is 26.2 Å². The molecule has 1 N–H and O–H groups in total. The minimum Gasteiger partial charge on any atom is -0.355 e. The van der Waals surface area contributed by atoms with Crippen LogP contribution in [0.1, 0.15) is 24.0 Å². The molecule has 30 heavy (non-hydrogen) atoms. The van der Waals surface area contributed by atoms with Crippen LogP contribution in [-0.2, 0) is 11.2 Å². The Kier molecular flexibility index (Phi) is 6.38. The first-order valence-corrected chi connectivity index (χ1v) is 10.6. The molecule has 1 fully saturated rings. The fraction of sp³-hybridized carbons (Fsp3) is 0.320. The second-order valence-electron chi connectivity index (χ2n) is 7.95. The lowest BCUT2D eigenvalue weighted by Crippen LogP contribution is -2.44. The monoisotopic (exact) mass is 400 g/mol. The van der Waals surface area contributed by atoms with Gasteiger partial charge in [-0.15, -0.1) is 0 Å². The molecule has 1 atom stereocenters. The maximum atomic E-state index is 12.7. The van der Waals surface area contributed by atoms with Gasteiger partial charge < -0.3 is 10.2 Å². The van der Waals surface area contributed by atoms with Crippen molar-refractivity contribution in [2.24, 2.45) is 5.92 Å². The molecular formula is C25H28N4O. The van der Waals surface area contributed by atoms with E-state index in [1.165, 1.54) is 11.1 Å². The number of rotatable bonds is 6. The Bertz CT molecular complexity index is 955. The van der Waals surface area contributed by atoms with Crippen LogP contribution in [0.3, 0.4) is 0 Å². The molecule has 5 nitrogen and oxygen atoms in total. The van der Waals surface area contributed by atoms with E-state index in [4.69, 9.17) is 0 Å². The molecule has 1 aromatic heterocycles. The van der Waals surface area contributed by atoms with Crippen molar-refractivity contribution in [1.82, 2.24) is 15.3 Å². The molecule has 0 spiro atoms. The summed E-state index contributed by atoms with van der Waals surface area (Å²) >= 11 is 0. The largest absolute Gasteiger partial charge is 0.355 e. The lowest BCUT2D eigenvalue weighted by atomic mass is 9.97. The summed E-state index contributed by atoms with van der Waals surface area (Å²) in [6.07, 6.45) is 6.48. The fourth-order valence-corrected chi connectivity index (χ4v) is 3.87. The van der Waals surface area contributed by atoms with Crippen LogP contribution in [0, 0.1) is 12.8 Å². The maximum absolute atomic E-state index is 12.7. The molecule has 0 unspecified atom stereocenters. The molecule has 2 aromatic carbocycles. The summed E-state index contributed by atoms with van der Waals surface area (Å²) in [4.78, 5) is 23.9.